The molecule has 0 saturated carbocycles. The Balaban J connectivity index is 1.93. The summed E-state index contributed by atoms with van der Waals surface area (Å²) >= 11 is 0. The first-order chi connectivity index (χ1) is 13.2. The molecule has 1 aliphatic heterocycles. The minimum Gasteiger partial charge on any atom is -0.496 e. The van der Waals surface area contributed by atoms with E-state index in [1.54, 1.807) is 37.4 Å². The number of hydrogen-bond donors (Lipinski definition) is 1. The standard InChI is InChI=1S/C22H26N2O4/c1-14-15(8-6-10-18(14)27-5)20(25)23-24(22(2,3)4)21(26)17-9-7-11-19-16(17)12-13-28-19/h6-11H,12-13H2,1-5H3,(H,23,25). The predicted molar refractivity (Wildman–Crippen MR) is 107 cm³/mol. The molecule has 2 aromatic carbocycles. The number of amides is 2. The average molecular weight is 382 g/mol. The van der Waals surface area contributed by atoms with Crippen LogP contribution in [0, 0.1) is 6.92 Å². The third-order valence-corrected chi connectivity index (χ3v) is 4.81. The van der Waals surface area contributed by atoms with Gasteiger partial charge in [-0.05, 0) is 52.0 Å². The number of ether oxygens (including phenoxy) is 2. The van der Waals surface area contributed by atoms with Gasteiger partial charge in [-0.2, -0.15) is 0 Å². The Morgan fingerprint density at radius 2 is 1.79 bits per heavy atom. The van der Waals surface area contributed by atoms with Gasteiger partial charge in [-0.1, -0.05) is 12.1 Å². The summed E-state index contributed by atoms with van der Waals surface area (Å²) in [5.74, 6) is 0.737. The van der Waals surface area contributed by atoms with Crippen molar-refractivity contribution in [2.75, 3.05) is 13.7 Å². The summed E-state index contributed by atoms with van der Waals surface area (Å²) in [4.78, 5) is 26.3. The fourth-order valence-electron chi connectivity index (χ4n) is 3.31. The van der Waals surface area contributed by atoms with Gasteiger partial charge in [0.15, 0.2) is 0 Å². The van der Waals surface area contributed by atoms with Gasteiger partial charge in [0.05, 0.1) is 19.3 Å². The van der Waals surface area contributed by atoms with Crippen molar-refractivity contribution in [1.82, 2.24) is 10.4 Å². The van der Waals surface area contributed by atoms with Crippen molar-refractivity contribution >= 4 is 11.8 Å². The third kappa shape index (κ3) is 3.67. The fraction of sp³-hybridized carbons (Fsp3) is 0.364. The fourth-order valence-corrected chi connectivity index (χ4v) is 3.31. The second kappa shape index (κ2) is 7.54. The highest BCUT2D eigenvalue weighted by Crippen LogP contribution is 2.30. The molecule has 6 heteroatoms. The highest BCUT2D eigenvalue weighted by atomic mass is 16.5. The Labute approximate surface area is 165 Å². The van der Waals surface area contributed by atoms with Crippen LogP contribution < -0.4 is 14.9 Å². The SMILES string of the molecule is COc1cccc(C(=O)NN(C(=O)c2cccc3c2CCO3)C(C)(C)C)c1C. The highest BCUT2D eigenvalue weighted by Gasteiger charge is 2.32. The number of hydrazine groups is 1. The lowest BCUT2D eigenvalue weighted by molar-refractivity contribution is 0.0357. The van der Waals surface area contributed by atoms with Crippen LogP contribution in [0.25, 0.3) is 0 Å². The molecule has 0 aromatic heterocycles. The van der Waals surface area contributed by atoms with E-state index in [9.17, 15) is 9.59 Å². The molecule has 148 valence electrons. The molecular weight excluding hydrogens is 356 g/mol. The summed E-state index contributed by atoms with van der Waals surface area (Å²) in [6, 6.07) is 10.7. The Morgan fingerprint density at radius 1 is 1.11 bits per heavy atom. The van der Waals surface area contributed by atoms with E-state index < -0.39 is 5.54 Å². The molecule has 0 bridgehead atoms. The maximum Gasteiger partial charge on any atom is 0.273 e. The van der Waals surface area contributed by atoms with Gasteiger partial charge < -0.3 is 9.47 Å². The van der Waals surface area contributed by atoms with E-state index in [1.807, 2.05) is 33.8 Å². The van der Waals surface area contributed by atoms with Gasteiger partial charge in [0.25, 0.3) is 11.8 Å². The average Bonchev–Trinajstić information content (AvgIpc) is 3.13. The molecule has 0 radical (unpaired) electrons. The summed E-state index contributed by atoms with van der Waals surface area (Å²) in [5, 5.41) is 1.39. The summed E-state index contributed by atoms with van der Waals surface area (Å²) in [5.41, 5.74) is 4.79. The van der Waals surface area contributed by atoms with E-state index in [-0.39, 0.29) is 11.8 Å². The predicted octanol–water partition coefficient (Wildman–Crippen LogP) is 3.52. The smallest absolute Gasteiger partial charge is 0.273 e. The number of nitrogens with one attached hydrogen (secondary N) is 1. The number of methoxy groups -OCH3 is 1. The minimum atomic E-state index is -0.623. The van der Waals surface area contributed by atoms with E-state index in [0.717, 1.165) is 16.9 Å². The molecule has 1 N–H and O–H groups in total. The minimum absolute atomic E-state index is 0.260. The lowest BCUT2D eigenvalue weighted by Gasteiger charge is -2.36. The first-order valence-corrected chi connectivity index (χ1v) is 9.28. The van der Waals surface area contributed by atoms with Crippen molar-refractivity contribution in [3.8, 4) is 11.5 Å². The zero-order valence-electron chi connectivity index (χ0n) is 17.0. The number of carbonyl (C=O) groups is 2. The van der Waals surface area contributed by atoms with Crippen LogP contribution in [0.2, 0.25) is 0 Å². The maximum atomic E-state index is 13.4. The van der Waals surface area contributed by atoms with E-state index in [0.29, 0.717) is 29.9 Å². The summed E-state index contributed by atoms with van der Waals surface area (Å²) in [6.45, 7) is 8.01. The van der Waals surface area contributed by atoms with Crippen molar-refractivity contribution in [2.45, 2.75) is 39.7 Å². The summed E-state index contributed by atoms with van der Waals surface area (Å²) in [6.07, 6.45) is 0.679. The quantitative estimate of drug-likeness (QED) is 0.825. The van der Waals surface area contributed by atoms with Gasteiger partial charge >= 0.3 is 0 Å². The molecule has 2 aromatic rings. The van der Waals surface area contributed by atoms with Crippen molar-refractivity contribution in [3.63, 3.8) is 0 Å². The number of fused-ring (bicyclic) bond motifs is 1. The normalized spacial score (nSPS) is 12.8. The summed E-state index contributed by atoms with van der Waals surface area (Å²) in [7, 11) is 1.56. The molecule has 1 aliphatic rings. The van der Waals surface area contributed by atoms with Crippen LogP contribution in [0.1, 0.15) is 52.6 Å². The van der Waals surface area contributed by atoms with Crippen molar-refractivity contribution in [2.24, 2.45) is 0 Å². The van der Waals surface area contributed by atoms with Gasteiger partial charge in [0, 0.05) is 28.7 Å². The molecule has 0 aliphatic carbocycles. The van der Waals surface area contributed by atoms with Crippen molar-refractivity contribution < 1.29 is 19.1 Å². The van der Waals surface area contributed by atoms with Crippen LogP contribution in [0.15, 0.2) is 36.4 Å². The zero-order valence-corrected chi connectivity index (χ0v) is 17.0. The Hall–Kier alpha value is -3.02. The first kappa shape index (κ1) is 19.7. The van der Waals surface area contributed by atoms with E-state index in [4.69, 9.17) is 9.47 Å². The summed E-state index contributed by atoms with van der Waals surface area (Å²) < 4.78 is 10.9. The van der Waals surface area contributed by atoms with Crippen LogP contribution in [0.5, 0.6) is 11.5 Å². The van der Waals surface area contributed by atoms with Crippen LogP contribution >= 0.6 is 0 Å². The number of rotatable bonds is 3. The van der Waals surface area contributed by atoms with E-state index in [1.165, 1.54) is 5.01 Å². The molecular formula is C22H26N2O4. The lowest BCUT2D eigenvalue weighted by atomic mass is 10.0. The third-order valence-electron chi connectivity index (χ3n) is 4.81. The molecule has 2 amide bonds. The second-order valence-electron chi connectivity index (χ2n) is 7.77. The Kier molecular flexibility index (Phi) is 5.31. The van der Waals surface area contributed by atoms with Crippen molar-refractivity contribution in [3.05, 3.63) is 58.7 Å². The van der Waals surface area contributed by atoms with Crippen LogP contribution in [0.4, 0.5) is 0 Å². The highest BCUT2D eigenvalue weighted by molar-refractivity contribution is 6.01. The topological polar surface area (TPSA) is 67.9 Å². The van der Waals surface area contributed by atoms with E-state index in [2.05, 4.69) is 5.43 Å². The van der Waals surface area contributed by atoms with E-state index >= 15 is 0 Å². The molecule has 0 unspecified atom stereocenters. The van der Waals surface area contributed by atoms with Gasteiger partial charge in [0.1, 0.15) is 11.5 Å². The maximum absolute atomic E-state index is 13.4. The lowest BCUT2D eigenvalue weighted by Crippen LogP contribution is -2.56. The largest absolute Gasteiger partial charge is 0.496 e. The molecule has 3 rings (SSSR count). The monoisotopic (exact) mass is 382 g/mol. The van der Waals surface area contributed by atoms with Crippen LogP contribution in [-0.4, -0.2) is 36.1 Å². The number of nitrogens with zero attached hydrogens (tertiary/aromatic N) is 1. The van der Waals surface area contributed by atoms with Gasteiger partial charge in [-0.3, -0.25) is 15.0 Å². The number of carbonyl (C=O) groups excluding carboxylic acids is 2. The molecule has 0 atom stereocenters. The zero-order chi connectivity index (χ0) is 20.5. The Bertz CT molecular complexity index is 915. The number of hydrogen-bond acceptors (Lipinski definition) is 4. The molecule has 0 saturated heterocycles. The van der Waals surface area contributed by atoms with Crippen LogP contribution in [-0.2, 0) is 6.42 Å². The second-order valence-corrected chi connectivity index (χ2v) is 7.77. The first-order valence-electron chi connectivity index (χ1n) is 9.28. The van der Waals surface area contributed by atoms with Crippen LogP contribution in [0.3, 0.4) is 0 Å². The molecule has 1 heterocycles. The van der Waals surface area contributed by atoms with Gasteiger partial charge in [0.2, 0.25) is 0 Å². The van der Waals surface area contributed by atoms with Gasteiger partial charge in [-0.15, -0.1) is 0 Å². The Morgan fingerprint density at radius 3 is 2.46 bits per heavy atom. The molecule has 28 heavy (non-hydrogen) atoms. The molecule has 0 spiro atoms. The van der Waals surface area contributed by atoms with Crippen molar-refractivity contribution in [1.29, 1.82) is 0 Å². The molecule has 6 nitrogen and oxygen atoms in total. The molecule has 0 fully saturated rings. The number of benzene rings is 2. The van der Waals surface area contributed by atoms with Gasteiger partial charge in [-0.25, -0.2) is 5.01 Å².